The van der Waals surface area contributed by atoms with Crippen molar-refractivity contribution in [2.24, 2.45) is 0 Å². The molecule has 2 aromatic carbocycles. The molecular weight excluding hydrogens is 356 g/mol. The number of nitrogens with two attached hydrogens (primary N) is 1. The summed E-state index contributed by atoms with van der Waals surface area (Å²) >= 11 is 0. The molecule has 0 spiro atoms. The molecule has 144 valence electrons. The quantitative estimate of drug-likeness (QED) is 0.625. The Labute approximate surface area is 162 Å². The first kappa shape index (κ1) is 18.2. The fourth-order valence-corrected chi connectivity index (χ4v) is 3.91. The SMILES string of the molecule is Cc1nn(CCO)c(N)c1[C@]1(O)C(=O)N(Cc2ccccc2)c2ccccc21. The minimum atomic E-state index is -1.92. The summed E-state index contributed by atoms with van der Waals surface area (Å²) in [4.78, 5) is 15.1. The smallest absolute Gasteiger partial charge is 0.269 e. The van der Waals surface area contributed by atoms with Crippen LogP contribution in [-0.2, 0) is 23.5 Å². The number of hydrogen-bond donors (Lipinski definition) is 3. The van der Waals surface area contributed by atoms with E-state index in [9.17, 15) is 15.0 Å². The zero-order valence-electron chi connectivity index (χ0n) is 15.5. The third kappa shape index (κ3) is 2.59. The fraction of sp³-hybridized carbons (Fsp3) is 0.238. The van der Waals surface area contributed by atoms with E-state index in [1.807, 2.05) is 42.5 Å². The number of aromatic nitrogens is 2. The summed E-state index contributed by atoms with van der Waals surface area (Å²) in [5, 5.41) is 25.2. The van der Waals surface area contributed by atoms with Gasteiger partial charge in [0.05, 0.1) is 36.6 Å². The highest BCUT2D eigenvalue weighted by molar-refractivity contribution is 6.09. The second kappa shape index (κ2) is 6.78. The number of hydrogen-bond acceptors (Lipinski definition) is 5. The van der Waals surface area contributed by atoms with Crippen LogP contribution in [0.5, 0.6) is 0 Å². The number of rotatable bonds is 5. The molecule has 0 radical (unpaired) electrons. The number of para-hydroxylation sites is 1. The van der Waals surface area contributed by atoms with Crippen molar-refractivity contribution in [3.63, 3.8) is 0 Å². The van der Waals surface area contributed by atoms with Gasteiger partial charge in [-0.1, -0.05) is 48.5 Å². The van der Waals surface area contributed by atoms with Crippen LogP contribution < -0.4 is 10.6 Å². The molecule has 28 heavy (non-hydrogen) atoms. The lowest BCUT2D eigenvalue weighted by atomic mass is 9.87. The third-order valence-electron chi connectivity index (χ3n) is 5.16. The van der Waals surface area contributed by atoms with E-state index in [0.717, 1.165) is 5.56 Å². The van der Waals surface area contributed by atoms with Crippen molar-refractivity contribution in [1.29, 1.82) is 0 Å². The number of aliphatic hydroxyl groups excluding tert-OH is 1. The molecule has 0 saturated heterocycles. The van der Waals surface area contributed by atoms with Gasteiger partial charge in [-0.25, -0.2) is 4.68 Å². The van der Waals surface area contributed by atoms with Gasteiger partial charge >= 0.3 is 0 Å². The van der Waals surface area contributed by atoms with Gasteiger partial charge in [0.25, 0.3) is 5.91 Å². The minimum Gasteiger partial charge on any atom is -0.394 e. The van der Waals surface area contributed by atoms with Gasteiger partial charge in [-0.3, -0.25) is 4.79 Å². The van der Waals surface area contributed by atoms with E-state index in [4.69, 9.17) is 5.73 Å². The number of aryl methyl sites for hydroxylation is 1. The molecule has 4 N–H and O–H groups in total. The molecule has 7 heteroatoms. The van der Waals surface area contributed by atoms with Crippen LogP contribution >= 0.6 is 0 Å². The largest absolute Gasteiger partial charge is 0.394 e. The highest BCUT2D eigenvalue weighted by Crippen LogP contribution is 2.47. The third-order valence-corrected chi connectivity index (χ3v) is 5.16. The van der Waals surface area contributed by atoms with Crippen molar-refractivity contribution in [3.8, 4) is 0 Å². The average Bonchev–Trinajstić information content (AvgIpc) is 3.10. The van der Waals surface area contributed by atoms with Gasteiger partial charge < -0.3 is 20.8 Å². The molecule has 2 heterocycles. The van der Waals surface area contributed by atoms with E-state index in [1.165, 1.54) is 4.68 Å². The van der Waals surface area contributed by atoms with E-state index >= 15 is 0 Å². The molecule has 1 aliphatic rings. The van der Waals surface area contributed by atoms with Gasteiger partial charge in [0.2, 0.25) is 5.60 Å². The monoisotopic (exact) mass is 378 g/mol. The Morgan fingerprint density at radius 2 is 1.79 bits per heavy atom. The Bertz CT molecular complexity index is 1030. The summed E-state index contributed by atoms with van der Waals surface area (Å²) in [7, 11) is 0. The molecule has 0 bridgehead atoms. The Morgan fingerprint density at radius 1 is 1.11 bits per heavy atom. The maximum absolute atomic E-state index is 13.5. The number of amides is 1. The second-order valence-corrected chi connectivity index (χ2v) is 6.90. The predicted molar refractivity (Wildman–Crippen MR) is 106 cm³/mol. The zero-order chi connectivity index (χ0) is 19.9. The molecule has 7 nitrogen and oxygen atoms in total. The standard InChI is InChI=1S/C21H22N4O3/c1-14-18(19(22)25(23-14)11-12-26)21(28)16-9-5-6-10-17(16)24(20(21)27)13-15-7-3-2-4-8-15/h2-10,26,28H,11-13,22H2,1H3/t21-/m0/s1. The van der Waals surface area contributed by atoms with Gasteiger partial charge in [0, 0.05) is 5.56 Å². The normalized spacial score (nSPS) is 18.5. The summed E-state index contributed by atoms with van der Waals surface area (Å²) < 4.78 is 1.42. The van der Waals surface area contributed by atoms with Gasteiger partial charge in [-0.15, -0.1) is 0 Å². The predicted octanol–water partition coefficient (Wildman–Crippen LogP) is 1.55. The Morgan fingerprint density at radius 3 is 2.50 bits per heavy atom. The van der Waals surface area contributed by atoms with E-state index in [0.29, 0.717) is 23.5 Å². The van der Waals surface area contributed by atoms with Gasteiger partial charge in [-0.2, -0.15) is 5.10 Å². The van der Waals surface area contributed by atoms with Crippen LogP contribution in [0.15, 0.2) is 54.6 Å². The Kier molecular flexibility index (Phi) is 4.41. The van der Waals surface area contributed by atoms with Crippen LogP contribution in [0.2, 0.25) is 0 Å². The lowest BCUT2D eigenvalue weighted by molar-refractivity contribution is -0.132. The average molecular weight is 378 g/mol. The molecule has 1 aromatic heterocycles. The van der Waals surface area contributed by atoms with Crippen LogP contribution in [0.4, 0.5) is 11.5 Å². The van der Waals surface area contributed by atoms with Gasteiger partial charge in [-0.05, 0) is 18.6 Å². The molecule has 1 atom stereocenters. The molecule has 0 saturated carbocycles. The molecule has 0 unspecified atom stereocenters. The maximum Gasteiger partial charge on any atom is 0.269 e. The van der Waals surface area contributed by atoms with Crippen molar-refractivity contribution >= 4 is 17.4 Å². The van der Waals surface area contributed by atoms with E-state index < -0.39 is 11.5 Å². The molecule has 4 rings (SSSR count). The lowest BCUT2D eigenvalue weighted by Crippen LogP contribution is -2.41. The maximum atomic E-state index is 13.5. The van der Waals surface area contributed by atoms with Crippen molar-refractivity contribution in [2.75, 3.05) is 17.2 Å². The topological polar surface area (TPSA) is 105 Å². The van der Waals surface area contributed by atoms with E-state index in [1.54, 1.807) is 24.0 Å². The van der Waals surface area contributed by atoms with Gasteiger partial charge in [0.15, 0.2) is 0 Å². The van der Waals surface area contributed by atoms with Gasteiger partial charge in [0.1, 0.15) is 5.82 Å². The van der Waals surface area contributed by atoms with Crippen LogP contribution in [0, 0.1) is 6.92 Å². The van der Waals surface area contributed by atoms with Crippen LogP contribution in [0.3, 0.4) is 0 Å². The first-order chi connectivity index (χ1) is 13.5. The van der Waals surface area contributed by atoms with Crippen LogP contribution in [-0.4, -0.2) is 32.5 Å². The summed E-state index contributed by atoms with van der Waals surface area (Å²) in [6.45, 7) is 2.08. The zero-order valence-corrected chi connectivity index (χ0v) is 15.5. The molecule has 1 aliphatic heterocycles. The van der Waals surface area contributed by atoms with Crippen LogP contribution in [0.1, 0.15) is 22.4 Å². The summed E-state index contributed by atoms with van der Waals surface area (Å²) in [6.07, 6.45) is 0. The number of fused-ring (bicyclic) bond motifs is 1. The van der Waals surface area contributed by atoms with Crippen molar-refractivity contribution in [3.05, 3.63) is 77.0 Å². The highest BCUT2D eigenvalue weighted by atomic mass is 16.3. The molecule has 0 fully saturated rings. The molecular formula is C21H22N4O3. The number of nitrogen functional groups attached to an aromatic ring is 1. The molecule has 1 amide bonds. The first-order valence-corrected chi connectivity index (χ1v) is 9.10. The first-order valence-electron chi connectivity index (χ1n) is 9.10. The number of anilines is 2. The van der Waals surface area contributed by atoms with E-state index in [-0.39, 0.29) is 24.5 Å². The summed E-state index contributed by atoms with van der Waals surface area (Å²) in [5.74, 6) is -0.283. The minimum absolute atomic E-state index is 0.145. The van der Waals surface area contributed by atoms with Crippen molar-refractivity contribution in [2.45, 2.75) is 25.6 Å². The number of carbonyl (C=O) groups is 1. The fourth-order valence-electron chi connectivity index (χ4n) is 3.91. The van der Waals surface area contributed by atoms with Crippen molar-refractivity contribution in [1.82, 2.24) is 9.78 Å². The number of aliphatic hydroxyl groups is 2. The summed E-state index contributed by atoms with van der Waals surface area (Å²) in [5.41, 5.74) is 7.12. The van der Waals surface area contributed by atoms with E-state index in [2.05, 4.69) is 5.10 Å². The Hall–Kier alpha value is -3.16. The molecule has 0 aliphatic carbocycles. The number of nitrogens with zero attached hydrogens (tertiary/aromatic N) is 3. The highest BCUT2D eigenvalue weighted by Gasteiger charge is 2.53. The lowest BCUT2D eigenvalue weighted by Gasteiger charge is -2.24. The number of benzene rings is 2. The summed E-state index contributed by atoms with van der Waals surface area (Å²) in [6, 6.07) is 16.8. The number of carbonyl (C=O) groups excluding carboxylic acids is 1. The molecule has 3 aromatic rings. The Balaban J connectivity index is 1.85. The second-order valence-electron chi connectivity index (χ2n) is 6.90. The van der Waals surface area contributed by atoms with Crippen molar-refractivity contribution < 1.29 is 15.0 Å². The van der Waals surface area contributed by atoms with Crippen LogP contribution in [0.25, 0.3) is 0 Å².